The van der Waals surface area contributed by atoms with Crippen LogP contribution >= 0.6 is 0 Å². The third kappa shape index (κ3) is 3.01. The lowest BCUT2D eigenvalue weighted by Gasteiger charge is -2.29. The number of aliphatic imine (C=N–C) groups is 1. The van der Waals surface area contributed by atoms with Crippen molar-refractivity contribution >= 4 is 17.3 Å². The Labute approximate surface area is 117 Å². The average molecular weight is 277 g/mol. The molecule has 0 unspecified atom stereocenters. The molecule has 3 N–H and O–H groups in total. The number of fused-ring (bicyclic) bond motifs is 1. The molecule has 2 heterocycles. The summed E-state index contributed by atoms with van der Waals surface area (Å²) in [6.07, 6.45) is 0. The van der Waals surface area contributed by atoms with Gasteiger partial charge < -0.3 is 10.1 Å². The number of hydrogen-bond donors (Lipinski definition) is 3. The molecule has 0 saturated carbocycles. The molecule has 0 spiro atoms. The minimum atomic E-state index is 0.555. The van der Waals surface area contributed by atoms with Gasteiger partial charge in [0.2, 0.25) is 5.96 Å². The van der Waals surface area contributed by atoms with E-state index in [9.17, 15) is 5.21 Å². The molecule has 0 bridgehead atoms. The first-order valence-electron chi connectivity index (χ1n) is 6.79. The summed E-state index contributed by atoms with van der Waals surface area (Å²) in [5.41, 5.74) is 4.31. The van der Waals surface area contributed by atoms with Gasteiger partial charge in [0.15, 0.2) is 0 Å². The molecule has 7 nitrogen and oxygen atoms in total. The Bertz CT molecular complexity index is 487. The van der Waals surface area contributed by atoms with E-state index in [-0.39, 0.29) is 0 Å². The summed E-state index contributed by atoms with van der Waals surface area (Å²) in [4.78, 5) is 6.76. The second-order valence-electron chi connectivity index (χ2n) is 4.75. The Morgan fingerprint density at radius 3 is 2.90 bits per heavy atom. The lowest BCUT2D eigenvalue weighted by atomic mass is 10.2. The van der Waals surface area contributed by atoms with Crippen molar-refractivity contribution in [1.82, 2.24) is 10.3 Å². The molecule has 2 aliphatic rings. The van der Waals surface area contributed by atoms with Gasteiger partial charge in [0.1, 0.15) is 5.69 Å². The number of morpholine rings is 1. The Hall–Kier alpha value is -1.83. The van der Waals surface area contributed by atoms with E-state index >= 15 is 0 Å². The minimum absolute atomic E-state index is 0.555. The van der Waals surface area contributed by atoms with Crippen LogP contribution in [0.1, 0.15) is 0 Å². The van der Waals surface area contributed by atoms with Gasteiger partial charge in [-0.3, -0.25) is 15.1 Å². The second kappa shape index (κ2) is 6.08. The fourth-order valence-electron chi connectivity index (χ4n) is 2.28. The number of hydrazine groups is 1. The van der Waals surface area contributed by atoms with E-state index in [0.29, 0.717) is 18.2 Å². The molecular weight excluding hydrogens is 258 g/mol. The summed E-state index contributed by atoms with van der Waals surface area (Å²) in [6, 6.07) is 7.50. The third-order valence-electron chi connectivity index (χ3n) is 3.39. The molecule has 1 aromatic carbocycles. The fraction of sp³-hybridized carbons (Fsp3) is 0.462. The number of rotatable bonds is 3. The van der Waals surface area contributed by atoms with Crippen molar-refractivity contribution < 1.29 is 9.94 Å². The molecule has 1 aromatic rings. The molecule has 1 fully saturated rings. The number of nitrogens with one attached hydrogen (secondary N) is 2. The molecule has 0 aromatic heterocycles. The van der Waals surface area contributed by atoms with Gasteiger partial charge in [0, 0.05) is 19.6 Å². The van der Waals surface area contributed by atoms with Crippen LogP contribution in [0.5, 0.6) is 0 Å². The number of ether oxygens (including phenoxy) is 1. The number of hydrogen-bond acceptors (Lipinski definition) is 5. The molecule has 7 heteroatoms. The van der Waals surface area contributed by atoms with Crippen molar-refractivity contribution in [1.29, 1.82) is 0 Å². The van der Waals surface area contributed by atoms with Crippen LogP contribution in [-0.4, -0.2) is 55.5 Å². The molecular formula is C13H19N5O2. The van der Waals surface area contributed by atoms with Crippen LogP contribution in [0.15, 0.2) is 29.3 Å². The number of guanidine groups is 1. The zero-order valence-electron chi connectivity index (χ0n) is 11.2. The Morgan fingerprint density at radius 1 is 1.25 bits per heavy atom. The molecule has 0 amide bonds. The normalized spacial score (nSPS) is 21.2. The van der Waals surface area contributed by atoms with Crippen molar-refractivity contribution in [3.05, 3.63) is 24.3 Å². The van der Waals surface area contributed by atoms with Gasteiger partial charge in [0.05, 0.1) is 25.4 Å². The van der Waals surface area contributed by atoms with Gasteiger partial charge in [-0.15, -0.1) is 0 Å². The maximum atomic E-state index is 9.85. The standard InChI is InChI=1S/C13H19N5O2/c19-18-12-4-2-1-3-11(12)15-13(16-18)14-5-6-17-7-9-20-10-8-17/h1-4,19H,5-10H2,(H2,14,15,16). The number of nitrogens with zero attached hydrogens (tertiary/aromatic N) is 3. The van der Waals surface area contributed by atoms with Crippen molar-refractivity contribution in [3.8, 4) is 0 Å². The molecule has 0 aliphatic carbocycles. The van der Waals surface area contributed by atoms with E-state index in [1.807, 2.05) is 24.3 Å². The van der Waals surface area contributed by atoms with Crippen LogP contribution in [0.25, 0.3) is 0 Å². The van der Waals surface area contributed by atoms with Crippen LogP contribution in [-0.2, 0) is 4.74 Å². The molecule has 108 valence electrons. The van der Waals surface area contributed by atoms with E-state index in [2.05, 4.69) is 20.6 Å². The van der Waals surface area contributed by atoms with Gasteiger partial charge >= 0.3 is 0 Å². The van der Waals surface area contributed by atoms with E-state index in [1.165, 1.54) is 0 Å². The van der Waals surface area contributed by atoms with E-state index in [4.69, 9.17) is 4.74 Å². The summed E-state index contributed by atoms with van der Waals surface area (Å²) in [5.74, 6) is 0.555. The third-order valence-corrected chi connectivity index (χ3v) is 3.39. The summed E-state index contributed by atoms with van der Waals surface area (Å²) in [6.45, 7) is 5.08. The quantitative estimate of drug-likeness (QED) is 0.747. The average Bonchev–Trinajstić information content (AvgIpc) is 2.48. The zero-order valence-corrected chi connectivity index (χ0v) is 11.2. The highest BCUT2D eigenvalue weighted by molar-refractivity contribution is 6.00. The SMILES string of the molecule is ON1NC(=NCCN2CCOCC2)Nc2ccccc21. The maximum absolute atomic E-state index is 9.85. The highest BCUT2D eigenvalue weighted by Gasteiger charge is 2.17. The first-order valence-corrected chi connectivity index (χ1v) is 6.79. The Morgan fingerprint density at radius 2 is 2.05 bits per heavy atom. The first-order chi connectivity index (χ1) is 9.83. The highest BCUT2D eigenvalue weighted by atomic mass is 16.5. The largest absolute Gasteiger partial charge is 0.379 e. The Kier molecular flexibility index (Phi) is 4.00. The van der Waals surface area contributed by atoms with Crippen molar-refractivity contribution in [2.24, 2.45) is 4.99 Å². The van der Waals surface area contributed by atoms with Gasteiger partial charge in [0.25, 0.3) is 0 Å². The molecule has 0 radical (unpaired) electrons. The van der Waals surface area contributed by atoms with Gasteiger partial charge in [-0.25, -0.2) is 5.43 Å². The summed E-state index contributed by atoms with van der Waals surface area (Å²) in [7, 11) is 0. The zero-order chi connectivity index (χ0) is 13.8. The highest BCUT2D eigenvalue weighted by Crippen LogP contribution is 2.25. The first kappa shape index (κ1) is 13.2. The number of benzene rings is 1. The summed E-state index contributed by atoms with van der Waals surface area (Å²) >= 11 is 0. The van der Waals surface area contributed by atoms with Crippen molar-refractivity contribution in [3.63, 3.8) is 0 Å². The molecule has 20 heavy (non-hydrogen) atoms. The predicted octanol–water partition coefficient (Wildman–Crippen LogP) is 0.500. The summed E-state index contributed by atoms with van der Waals surface area (Å²) < 4.78 is 5.31. The van der Waals surface area contributed by atoms with Crippen molar-refractivity contribution in [2.45, 2.75) is 0 Å². The fourth-order valence-corrected chi connectivity index (χ4v) is 2.28. The smallest absolute Gasteiger partial charge is 0.217 e. The van der Waals surface area contributed by atoms with Crippen LogP contribution in [0, 0.1) is 0 Å². The van der Waals surface area contributed by atoms with Crippen LogP contribution < -0.4 is 15.9 Å². The molecule has 3 rings (SSSR count). The number of anilines is 2. The van der Waals surface area contributed by atoms with Gasteiger partial charge in [-0.2, -0.15) is 5.17 Å². The van der Waals surface area contributed by atoms with Crippen LogP contribution in [0.2, 0.25) is 0 Å². The summed E-state index contributed by atoms with van der Waals surface area (Å²) in [5, 5.41) is 14.0. The molecule has 2 aliphatic heterocycles. The van der Waals surface area contributed by atoms with Crippen LogP contribution in [0.4, 0.5) is 11.4 Å². The second-order valence-corrected chi connectivity index (χ2v) is 4.75. The van der Waals surface area contributed by atoms with Gasteiger partial charge in [-0.1, -0.05) is 12.1 Å². The topological polar surface area (TPSA) is 72.4 Å². The lowest BCUT2D eigenvalue weighted by Crippen LogP contribution is -2.48. The number of para-hydroxylation sites is 2. The Balaban J connectivity index is 1.57. The monoisotopic (exact) mass is 277 g/mol. The van der Waals surface area contributed by atoms with Crippen LogP contribution in [0.3, 0.4) is 0 Å². The van der Waals surface area contributed by atoms with E-state index in [1.54, 1.807) is 0 Å². The van der Waals surface area contributed by atoms with Crippen molar-refractivity contribution in [2.75, 3.05) is 49.9 Å². The predicted molar refractivity (Wildman–Crippen MR) is 77.0 cm³/mol. The van der Waals surface area contributed by atoms with E-state index in [0.717, 1.165) is 43.7 Å². The van der Waals surface area contributed by atoms with Gasteiger partial charge in [-0.05, 0) is 12.1 Å². The van der Waals surface area contributed by atoms with E-state index < -0.39 is 0 Å². The lowest BCUT2D eigenvalue weighted by molar-refractivity contribution is 0.0394. The minimum Gasteiger partial charge on any atom is -0.379 e. The maximum Gasteiger partial charge on any atom is 0.217 e. The molecule has 1 saturated heterocycles. The molecule has 0 atom stereocenters.